The maximum absolute atomic E-state index is 10.00. The lowest BCUT2D eigenvalue weighted by atomic mass is 9.61. The van der Waals surface area contributed by atoms with Gasteiger partial charge < -0.3 is 9.64 Å². The molecular formula is C42H26N4O. The van der Waals surface area contributed by atoms with Gasteiger partial charge in [0.2, 0.25) is 0 Å². The first kappa shape index (κ1) is 26.9. The van der Waals surface area contributed by atoms with Gasteiger partial charge in [-0.3, -0.25) is 0 Å². The number of aromatic nitrogens is 2. The van der Waals surface area contributed by atoms with Gasteiger partial charge >= 0.3 is 0 Å². The number of para-hydroxylation sites is 5. The minimum absolute atomic E-state index is 0.317. The summed E-state index contributed by atoms with van der Waals surface area (Å²) >= 11 is 0. The van der Waals surface area contributed by atoms with Crippen molar-refractivity contribution in [3.63, 3.8) is 0 Å². The van der Waals surface area contributed by atoms with Gasteiger partial charge in [-0.1, -0.05) is 115 Å². The Hall–Kier alpha value is -6.51. The lowest BCUT2D eigenvalue weighted by molar-refractivity contribution is 0.434. The SMILES string of the molecule is N#Cc1cc(-c2ccccc2)nc(-c2ccccc2N2c3ccccc3C3(c4ccccc4Oc4ccccc43)c3ccccc32)n1. The van der Waals surface area contributed by atoms with Crippen molar-refractivity contribution in [3.8, 4) is 40.2 Å². The first-order chi connectivity index (χ1) is 23.3. The van der Waals surface area contributed by atoms with Crippen LogP contribution in [-0.2, 0) is 5.41 Å². The second-order valence-corrected chi connectivity index (χ2v) is 11.7. The molecule has 0 unspecified atom stereocenters. The summed E-state index contributed by atoms with van der Waals surface area (Å²) in [5.41, 5.74) is 9.66. The highest BCUT2D eigenvalue weighted by atomic mass is 16.5. The van der Waals surface area contributed by atoms with Gasteiger partial charge in [-0.2, -0.15) is 5.26 Å². The summed E-state index contributed by atoms with van der Waals surface area (Å²) in [5, 5.41) is 10.00. The van der Waals surface area contributed by atoms with E-state index >= 15 is 0 Å². The lowest BCUT2D eigenvalue weighted by Crippen LogP contribution is -2.39. The Labute approximate surface area is 272 Å². The smallest absolute Gasteiger partial charge is 0.163 e. The van der Waals surface area contributed by atoms with Crippen LogP contribution in [-0.4, -0.2) is 9.97 Å². The number of ether oxygens (including phenoxy) is 1. The van der Waals surface area contributed by atoms with E-state index in [0.29, 0.717) is 17.2 Å². The summed E-state index contributed by atoms with van der Waals surface area (Å²) in [7, 11) is 0. The number of fused-ring (bicyclic) bond motifs is 8. The molecule has 0 atom stereocenters. The van der Waals surface area contributed by atoms with Crippen LogP contribution >= 0.6 is 0 Å². The van der Waals surface area contributed by atoms with Gasteiger partial charge in [-0.15, -0.1) is 0 Å². The normalized spacial score (nSPS) is 13.4. The number of hydrogen-bond acceptors (Lipinski definition) is 5. The van der Waals surface area contributed by atoms with E-state index in [1.165, 1.54) is 0 Å². The maximum atomic E-state index is 10.00. The zero-order valence-electron chi connectivity index (χ0n) is 25.2. The third-order valence-corrected chi connectivity index (χ3v) is 9.20. The molecule has 47 heavy (non-hydrogen) atoms. The molecular weight excluding hydrogens is 576 g/mol. The molecule has 1 spiro atoms. The number of benzene rings is 6. The van der Waals surface area contributed by atoms with Crippen LogP contribution in [0.4, 0.5) is 17.1 Å². The van der Waals surface area contributed by atoms with Gasteiger partial charge in [0.05, 0.1) is 28.2 Å². The monoisotopic (exact) mass is 602 g/mol. The Bertz CT molecular complexity index is 2280. The molecule has 2 aliphatic heterocycles. The van der Waals surface area contributed by atoms with Crippen molar-refractivity contribution in [2.75, 3.05) is 4.90 Å². The van der Waals surface area contributed by atoms with Crippen LogP contribution in [0.5, 0.6) is 11.5 Å². The van der Waals surface area contributed by atoms with E-state index in [2.05, 4.69) is 102 Å². The van der Waals surface area contributed by atoms with Gasteiger partial charge in [0.25, 0.3) is 0 Å². The third-order valence-electron chi connectivity index (χ3n) is 9.20. The predicted octanol–water partition coefficient (Wildman–Crippen LogP) is 9.95. The Morgan fingerprint density at radius 2 is 1.04 bits per heavy atom. The molecule has 9 rings (SSSR count). The molecule has 7 aromatic rings. The Morgan fingerprint density at radius 3 is 1.66 bits per heavy atom. The molecule has 0 amide bonds. The maximum Gasteiger partial charge on any atom is 0.163 e. The largest absolute Gasteiger partial charge is 0.457 e. The third kappa shape index (κ3) is 3.95. The number of hydrogen-bond donors (Lipinski definition) is 0. The van der Waals surface area contributed by atoms with Gasteiger partial charge in [0.15, 0.2) is 5.82 Å². The Morgan fingerprint density at radius 1 is 0.532 bits per heavy atom. The molecule has 2 aliphatic rings. The quantitative estimate of drug-likeness (QED) is 0.201. The molecule has 6 aromatic carbocycles. The fraction of sp³-hybridized carbons (Fsp3) is 0.0238. The summed E-state index contributed by atoms with van der Waals surface area (Å²) in [6, 6.07) is 56.1. The predicted molar refractivity (Wildman–Crippen MR) is 184 cm³/mol. The molecule has 5 heteroatoms. The van der Waals surface area contributed by atoms with E-state index in [0.717, 1.165) is 61.9 Å². The summed E-state index contributed by atoms with van der Waals surface area (Å²) in [5.74, 6) is 2.19. The molecule has 220 valence electrons. The molecule has 1 aromatic heterocycles. The van der Waals surface area contributed by atoms with Crippen molar-refractivity contribution in [1.29, 1.82) is 5.26 Å². The van der Waals surface area contributed by atoms with E-state index < -0.39 is 5.41 Å². The van der Waals surface area contributed by atoms with Crippen LogP contribution < -0.4 is 9.64 Å². The molecule has 0 saturated heterocycles. The van der Waals surface area contributed by atoms with Crippen LogP contribution in [0.25, 0.3) is 22.6 Å². The van der Waals surface area contributed by atoms with Gasteiger partial charge in [0.1, 0.15) is 23.3 Å². The molecule has 0 N–H and O–H groups in total. The zero-order chi connectivity index (χ0) is 31.4. The van der Waals surface area contributed by atoms with Crippen molar-refractivity contribution in [1.82, 2.24) is 9.97 Å². The summed E-state index contributed by atoms with van der Waals surface area (Å²) < 4.78 is 6.54. The summed E-state index contributed by atoms with van der Waals surface area (Å²) in [6.45, 7) is 0. The number of nitriles is 1. The van der Waals surface area contributed by atoms with Crippen LogP contribution in [0.15, 0.2) is 158 Å². The van der Waals surface area contributed by atoms with Crippen LogP contribution in [0.3, 0.4) is 0 Å². The highest BCUT2D eigenvalue weighted by Gasteiger charge is 2.51. The molecule has 0 fully saturated rings. The Balaban J connectivity index is 1.33. The first-order valence-corrected chi connectivity index (χ1v) is 15.6. The van der Waals surface area contributed by atoms with Crippen molar-refractivity contribution in [3.05, 3.63) is 186 Å². The first-order valence-electron chi connectivity index (χ1n) is 15.6. The lowest BCUT2D eigenvalue weighted by Gasteiger charge is -2.48. The fourth-order valence-electron chi connectivity index (χ4n) is 7.32. The topological polar surface area (TPSA) is 62.0 Å². The minimum atomic E-state index is -0.623. The average Bonchev–Trinajstić information content (AvgIpc) is 3.15. The van der Waals surface area contributed by atoms with Crippen LogP contribution in [0, 0.1) is 11.3 Å². The molecule has 0 radical (unpaired) electrons. The zero-order valence-corrected chi connectivity index (χ0v) is 25.2. The van der Waals surface area contributed by atoms with Crippen molar-refractivity contribution in [2.45, 2.75) is 5.41 Å². The van der Waals surface area contributed by atoms with Crippen molar-refractivity contribution in [2.24, 2.45) is 0 Å². The molecule has 5 nitrogen and oxygen atoms in total. The molecule has 0 bridgehead atoms. The van der Waals surface area contributed by atoms with Crippen LogP contribution in [0.1, 0.15) is 27.9 Å². The van der Waals surface area contributed by atoms with Gasteiger partial charge in [0, 0.05) is 28.3 Å². The molecule has 0 saturated carbocycles. The van der Waals surface area contributed by atoms with Crippen LogP contribution in [0.2, 0.25) is 0 Å². The van der Waals surface area contributed by atoms with E-state index in [-0.39, 0.29) is 0 Å². The minimum Gasteiger partial charge on any atom is -0.457 e. The molecule has 3 heterocycles. The molecule has 0 aliphatic carbocycles. The van der Waals surface area contributed by atoms with E-state index in [1.807, 2.05) is 60.7 Å². The highest BCUT2D eigenvalue weighted by molar-refractivity contribution is 5.94. The summed E-state index contributed by atoms with van der Waals surface area (Å²) in [6.07, 6.45) is 0. The van der Waals surface area contributed by atoms with E-state index in [4.69, 9.17) is 14.7 Å². The second-order valence-electron chi connectivity index (χ2n) is 11.7. The fourth-order valence-corrected chi connectivity index (χ4v) is 7.32. The number of nitrogens with zero attached hydrogens (tertiary/aromatic N) is 4. The van der Waals surface area contributed by atoms with E-state index in [9.17, 15) is 5.26 Å². The number of rotatable bonds is 3. The average molecular weight is 603 g/mol. The second kappa shape index (κ2) is 10.5. The Kier molecular flexibility index (Phi) is 6.02. The van der Waals surface area contributed by atoms with Crippen molar-refractivity contribution < 1.29 is 4.74 Å². The van der Waals surface area contributed by atoms with Crippen molar-refractivity contribution >= 4 is 17.1 Å². The van der Waals surface area contributed by atoms with E-state index in [1.54, 1.807) is 6.07 Å². The summed E-state index contributed by atoms with van der Waals surface area (Å²) in [4.78, 5) is 12.1. The standard InChI is InChI=1S/C42H26N4O/c43-27-29-26-35(28-14-2-1-3-15-28)45-41(44-29)30-16-4-9-21-36(30)46-37-22-10-5-17-31(37)42(32-18-6-11-23-38(32)46)33-19-7-12-24-39(33)47-40-25-13-8-20-34(40)42/h1-26H. The van der Waals surface area contributed by atoms with Gasteiger partial charge in [-0.25, -0.2) is 9.97 Å². The highest BCUT2D eigenvalue weighted by Crippen LogP contribution is 2.63. The number of anilines is 3. The van der Waals surface area contributed by atoms with Gasteiger partial charge in [-0.05, 0) is 47.5 Å².